The van der Waals surface area contributed by atoms with E-state index in [0.29, 0.717) is 12.1 Å². The number of nitrogens with zero attached hydrogens (tertiary/aromatic N) is 1. The molecule has 0 aromatic heterocycles. The van der Waals surface area contributed by atoms with Gasteiger partial charge < -0.3 is 10.4 Å². The highest BCUT2D eigenvalue weighted by molar-refractivity contribution is 4.83. The Morgan fingerprint density at radius 2 is 2.23 bits per heavy atom. The number of aliphatic hydroxyl groups is 1. The van der Waals surface area contributed by atoms with Gasteiger partial charge in [-0.25, -0.2) is 0 Å². The van der Waals surface area contributed by atoms with Crippen LogP contribution < -0.4 is 5.32 Å². The first-order valence-corrected chi connectivity index (χ1v) is 5.26. The van der Waals surface area contributed by atoms with Crippen molar-refractivity contribution in [3.05, 3.63) is 0 Å². The van der Waals surface area contributed by atoms with Crippen molar-refractivity contribution < 1.29 is 5.11 Å². The van der Waals surface area contributed by atoms with Crippen molar-refractivity contribution in [2.24, 2.45) is 0 Å². The minimum Gasteiger partial charge on any atom is -0.393 e. The van der Waals surface area contributed by atoms with Crippen LogP contribution in [0, 0.1) is 0 Å². The summed E-state index contributed by atoms with van der Waals surface area (Å²) in [5, 5.41) is 12.6. The van der Waals surface area contributed by atoms with Gasteiger partial charge in [-0.05, 0) is 27.2 Å². The van der Waals surface area contributed by atoms with E-state index >= 15 is 0 Å². The molecule has 78 valence electrons. The van der Waals surface area contributed by atoms with Crippen LogP contribution in [0.1, 0.15) is 27.2 Å². The molecule has 0 spiro atoms. The second-order valence-corrected chi connectivity index (χ2v) is 4.16. The summed E-state index contributed by atoms with van der Waals surface area (Å²) in [5.41, 5.74) is 0. The van der Waals surface area contributed by atoms with Crippen LogP contribution in [-0.2, 0) is 0 Å². The van der Waals surface area contributed by atoms with E-state index in [2.05, 4.69) is 24.1 Å². The van der Waals surface area contributed by atoms with Crippen molar-refractivity contribution in [3.63, 3.8) is 0 Å². The summed E-state index contributed by atoms with van der Waals surface area (Å²) in [7, 11) is 0. The van der Waals surface area contributed by atoms with E-state index in [0.717, 1.165) is 26.1 Å². The predicted octanol–water partition coefficient (Wildman–Crippen LogP) is 0.439. The van der Waals surface area contributed by atoms with E-state index < -0.39 is 0 Å². The molecule has 1 saturated heterocycles. The zero-order valence-electron chi connectivity index (χ0n) is 8.95. The summed E-state index contributed by atoms with van der Waals surface area (Å²) in [6, 6.07) is 1.16. The first-order chi connectivity index (χ1) is 6.11. The highest BCUT2D eigenvalue weighted by Gasteiger charge is 2.23. The van der Waals surface area contributed by atoms with Crippen LogP contribution in [0.2, 0.25) is 0 Å². The molecule has 1 fully saturated rings. The molecule has 1 aliphatic heterocycles. The van der Waals surface area contributed by atoms with Crippen molar-refractivity contribution in [2.45, 2.75) is 45.4 Å². The van der Waals surface area contributed by atoms with E-state index in [4.69, 9.17) is 0 Å². The molecule has 0 aliphatic carbocycles. The van der Waals surface area contributed by atoms with E-state index in [-0.39, 0.29) is 6.10 Å². The second kappa shape index (κ2) is 4.94. The zero-order chi connectivity index (χ0) is 9.84. The van der Waals surface area contributed by atoms with Crippen LogP contribution in [0.25, 0.3) is 0 Å². The minimum absolute atomic E-state index is 0.169. The molecule has 0 aromatic carbocycles. The van der Waals surface area contributed by atoms with Crippen LogP contribution in [0.5, 0.6) is 0 Å². The molecule has 3 unspecified atom stereocenters. The molecular formula is C10H22N2O. The molecule has 0 bridgehead atoms. The average molecular weight is 186 g/mol. The van der Waals surface area contributed by atoms with Crippen molar-refractivity contribution in [1.29, 1.82) is 0 Å². The third-order valence-corrected chi connectivity index (χ3v) is 3.00. The Morgan fingerprint density at radius 3 is 2.85 bits per heavy atom. The van der Waals surface area contributed by atoms with Crippen molar-refractivity contribution in [2.75, 3.05) is 19.6 Å². The lowest BCUT2D eigenvalue weighted by Crippen LogP contribution is -2.55. The Balaban J connectivity index is 2.31. The summed E-state index contributed by atoms with van der Waals surface area (Å²) in [4.78, 5) is 2.45. The summed E-state index contributed by atoms with van der Waals surface area (Å²) in [6.45, 7) is 9.53. The van der Waals surface area contributed by atoms with Gasteiger partial charge in [0.1, 0.15) is 0 Å². The van der Waals surface area contributed by atoms with Gasteiger partial charge in [-0.3, -0.25) is 4.90 Å². The maximum Gasteiger partial charge on any atom is 0.0524 e. The number of aliphatic hydroxyl groups excluding tert-OH is 1. The van der Waals surface area contributed by atoms with Crippen LogP contribution in [0.15, 0.2) is 0 Å². The monoisotopic (exact) mass is 186 g/mol. The summed E-state index contributed by atoms with van der Waals surface area (Å²) in [5.74, 6) is 0. The molecule has 2 N–H and O–H groups in total. The SMILES string of the molecule is CC(O)CCN1CCNC(C)C1C. The highest BCUT2D eigenvalue weighted by atomic mass is 16.3. The lowest BCUT2D eigenvalue weighted by molar-refractivity contribution is 0.106. The van der Waals surface area contributed by atoms with Gasteiger partial charge in [0.25, 0.3) is 0 Å². The average Bonchev–Trinajstić information content (AvgIpc) is 2.07. The first kappa shape index (κ1) is 11.0. The number of rotatable bonds is 3. The highest BCUT2D eigenvalue weighted by Crippen LogP contribution is 2.09. The first-order valence-electron chi connectivity index (χ1n) is 5.26. The van der Waals surface area contributed by atoms with Crippen LogP contribution >= 0.6 is 0 Å². The van der Waals surface area contributed by atoms with Crippen LogP contribution in [0.4, 0.5) is 0 Å². The lowest BCUT2D eigenvalue weighted by Gasteiger charge is -2.38. The Morgan fingerprint density at radius 1 is 1.54 bits per heavy atom. The van der Waals surface area contributed by atoms with Crippen molar-refractivity contribution in [3.8, 4) is 0 Å². The molecule has 1 aliphatic rings. The molecule has 3 nitrogen and oxygen atoms in total. The number of hydrogen-bond donors (Lipinski definition) is 2. The standard InChI is InChI=1S/C10H22N2O/c1-8(13)4-6-12-7-5-11-9(2)10(12)3/h8-11,13H,4-7H2,1-3H3. The van der Waals surface area contributed by atoms with Gasteiger partial charge in [-0.2, -0.15) is 0 Å². The molecular weight excluding hydrogens is 164 g/mol. The van der Waals surface area contributed by atoms with E-state index in [1.54, 1.807) is 0 Å². The second-order valence-electron chi connectivity index (χ2n) is 4.16. The smallest absolute Gasteiger partial charge is 0.0524 e. The van der Waals surface area contributed by atoms with Crippen molar-refractivity contribution in [1.82, 2.24) is 10.2 Å². The quantitative estimate of drug-likeness (QED) is 0.671. The molecule has 3 atom stereocenters. The maximum atomic E-state index is 9.19. The molecule has 1 rings (SSSR count). The molecule has 0 aromatic rings. The third kappa shape index (κ3) is 3.25. The Labute approximate surface area is 81.1 Å². The van der Waals surface area contributed by atoms with E-state index in [9.17, 15) is 5.11 Å². The fourth-order valence-electron chi connectivity index (χ4n) is 1.79. The molecule has 13 heavy (non-hydrogen) atoms. The number of nitrogens with one attached hydrogen (secondary N) is 1. The van der Waals surface area contributed by atoms with Gasteiger partial charge in [0, 0.05) is 31.7 Å². The number of hydrogen-bond acceptors (Lipinski definition) is 3. The van der Waals surface area contributed by atoms with Gasteiger partial charge >= 0.3 is 0 Å². The molecule has 3 heteroatoms. The van der Waals surface area contributed by atoms with E-state index in [1.807, 2.05) is 6.92 Å². The summed E-state index contributed by atoms with van der Waals surface area (Å²) in [6.07, 6.45) is 0.717. The summed E-state index contributed by atoms with van der Waals surface area (Å²) >= 11 is 0. The normalized spacial score (nSPS) is 33.2. The Hall–Kier alpha value is -0.120. The van der Waals surface area contributed by atoms with Gasteiger partial charge in [-0.1, -0.05) is 0 Å². The zero-order valence-corrected chi connectivity index (χ0v) is 8.95. The number of piperazine rings is 1. The van der Waals surface area contributed by atoms with Gasteiger partial charge in [0.05, 0.1) is 6.10 Å². The van der Waals surface area contributed by atoms with Crippen LogP contribution in [-0.4, -0.2) is 47.8 Å². The third-order valence-electron chi connectivity index (χ3n) is 3.00. The lowest BCUT2D eigenvalue weighted by atomic mass is 10.1. The topological polar surface area (TPSA) is 35.5 Å². The van der Waals surface area contributed by atoms with Gasteiger partial charge in [-0.15, -0.1) is 0 Å². The van der Waals surface area contributed by atoms with Crippen molar-refractivity contribution >= 4 is 0 Å². The molecule has 0 amide bonds. The fraction of sp³-hybridized carbons (Fsp3) is 1.00. The molecule has 0 radical (unpaired) electrons. The fourth-order valence-corrected chi connectivity index (χ4v) is 1.79. The largest absolute Gasteiger partial charge is 0.393 e. The Kier molecular flexibility index (Phi) is 4.16. The maximum absolute atomic E-state index is 9.19. The van der Waals surface area contributed by atoms with E-state index in [1.165, 1.54) is 0 Å². The molecule has 1 heterocycles. The summed E-state index contributed by atoms with van der Waals surface area (Å²) < 4.78 is 0. The Bertz CT molecular complexity index is 150. The van der Waals surface area contributed by atoms with Gasteiger partial charge in [0.2, 0.25) is 0 Å². The van der Waals surface area contributed by atoms with Crippen LogP contribution in [0.3, 0.4) is 0 Å². The minimum atomic E-state index is -0.169. The molecule has 0 saturated carbocycles. The van der Waals surface area contributed by atoms with Gasteiger partial charge in [0.15, 0.2) is 0 Å². The predicted molar refractivity (Wildman–Crippen MR) is 54.8 cm³/mol.